The third-order valence-electron chi connectivity index (χ3n) is 2.92. The molecule has 0 saturated heterocycles. The predicted octanol–water partition coefficient (Wildman–Crippen LogP) is 3.29. The lowest BCUT2D eigenvalue weighted by atomic mass is 10.1. The lowest BCUT2D eigenvalue weighted by molar-refractivity contribution is 0.300. The van der Waals surface area contributed by atoms with E-state index in [9.17, 15) is 4.39 Å². The molecule has 17 heavy (non-hydrogen) atoms. The molecule has 1 N–H and O–H groups in total. The predicted molar refractivity (Wildman–Crippen MR) is 69.0 cm³/mol. The summed E-state index contributed by atoms with van der Waals surface area (Å²) in [4.78, 5) is 0. The van der Waals surface area contributed by atoms with Crippen LogP contribution in [-0.4, -0.2) is 19.7 Å². The van der Waals surface area contributed by atoms with Crippen LogP contribution in [0.5, 0.6) is 5.75 Å². The molecule has 0 bridgehead atoms. The molecule has 96 valence electrons. The summed E-state index contributed by atoms with van der Waals surface area (Å²) < 4.78 is 18.5. The van der Waals surface area contributed by atoms with Gasteiger partial charge in [0.15, 0.2) is 0 Å². The lowest BCUT2D eigenvalue weighted by Crippen LogP contribution is -2.20. The Morgan fingerprint density at radius 1 is 1.35 bits per heavy atom. The fourth-order valence-corrected chi connectivity index (χ4v) is 1.65. The van der Waals surface area contributed by atoms with Gasteiger partial charge in [0.2, 0.25) is 0 Å². The molecule has 0 aliphatic carbocycles. The molecule has 2 nitrogen and oxygen atoms in total. The normalized spacial score (nSPS) is 12.5. The van der Waals surface area contributed by atoms with Gasteiger partial charge in [0.05, 0.1) is 6.61 Å². The molecule has 0 heterocycles. The fourth-order valence-electron chi connectivity index (χ4n) is 1.65. The van der Waals surface area contributed by atoms with Gasteiger partial charge >= 0.3 is 0 Å². The zero-order valence-corrected chi connectivity index (χ0v) is 10.9. The summed E-state index contributed by atoms with van der Waals surface area (Å²) in [5.41, 5.74) is 0.855. The number of aryl methyl sites for hydroxylation is 1. The average Bonchev–Trinajstić information content (AvgIpc) is 2.30. The van der Waals surface area contributed by atoms with Crippen LogP contribution in [0.3, 0.4) is 0 Å². The summed E-state index contributed by atoms with van der Waals surface area (Å²) in [6.07, 6.45) is 3.33. The summed E-state index contributed by atoms with van der Waals surface area (Å²) >= 11 is 0. The van der Waals surface area contributed by atoms with Gasteiger partial charge in [-0.1, -0.05) is 0 Å². The smallest absolute Gasteiger partial charge is 0.123 e. The first-order valence-electron chi connectivity index (χ1n) is 6.19. The first kappa shape index (κ1) is 14.0. The minimum atomic E-state index is -0.210. The average molecular weight is 239 g/mol. The Morgan fingerprint density at radius 2 is 2.12 bits per heavy atom. The Labute approximate surface area is 103 Å². The van der Waals surface area contributed by atoms with Crippen molar-refractivity contribution in [3.05, 3.63) is 29.6 Å². The number of halogens is 1. The van der Waals surface area contributed by atoms with Crippen LogP contribution in [0.15, 0.2) is 18.2 Å². The summed E-state index contributed by atoms with van der Waals surface area (Å²) in [6, 6.07) is 5.19. The van der Waals surface area contributed by atoms with Gasteiger partial charge in [-0.15, -0.1) is 0 Å². The third kappa shape index (κ3) is 5.18. The van der Waals surface area contributed by atoms with E-state index < -0.39 is 0 Å². The number of rotatable bonds is 7. The van der Waals surface area contributed by atoms with Crippen molar-refractivity contribution in [1.29, 1.82) is 0 Å². The van der Waals surface area contributed by atoms with E-state index in [2.05, 4.69) is 12.2 Å². The molecule has 1 aromatic carbocycles. The molecule has 1 aromatic rings. The third-order valence-corrected chi connectivity index (χ3v) is 2.92. The molecular weight excluding hydrogens is 217 g/mol. The molecule has 1 unspecified atom stereocenters. The number of hydrogen-bond acceptors (Lipinski definition) is 2. The van der Waals surface area contributed by atoms with Crippen molar-refractivity contribution in [2.24, 2.45) is 0 Å². The van der Waals surface area contributed by atoms with E-state index in [0.717, 1.165) is 30.6 Å². The monoisotopic (exact) mass is 239 g/mol. The second-order valence-corrected chi connectivity index (χ2v) is 4.44. The molecule has 0 aliphatic heterocycles. The van der Waals surface area contributed by atoms with E-state index >= 15 is 0 Å². The van der Waals surface area contributed by atoms with Crippen molar-refractivity contribution in [3.8, 4) is 5.75 Å². The molecule has 0 aliphatic rings. The number of ether oxygens (including phenoxy) is 1. The maximum absolute atomic E-state index is 12.9. The van der Waals surface area contributed by atoms with Gasteiger partial charge < -0.3 is 10.1 Å². The van der Waals surface area contributed by atoms with Crippen LogP contribution in [-0.2, 0) is 0 Å². The number of benzene rings is 1. The minimum Gasteiger partial charge on any atom is -0.493 e. The summed E-state index contributed by atoms with van der Waals surface area (Å²) in [7, 11) is 1.98. The van der Waals surface area contributed by atoms with Crippen LogP contribution in [0.2, 0.25) is 0 Å². The van der Waals surface area contributed by atoms with Gasteiger partial charge in [-0.05, 0) is 63.9 Å². The highest BCUT2D eigenvalue weighted by molar-refractivity contribution is 5.32. The van der Waals surface area contributed by atoms with Gasteiger partial charge in [0.25, 0.3) is 0 Å². The van der Waals surface area contributed by atoms with Crippen molar-refractivity contribution >= 4 is 0 Å². The second-order valence-electron chi connectivity index (χ2n) is 4.44. The molecule has 0 aromatic heterocycles. The molecule has 3 heteroatoms. The Morgan fingerprint density at radius 3 is 2.76 bits per heavy atom. The zero-order valence-electron chi connectivity index (χ0n) is 10.9. The van der Waals surface area contributed by atoms with Crippen LogP contribution in [0.4, 0.5) is 4.39 Å². The summed E-state index contributed by atoms with van der Waals surface area (Å²) in [5, 5.41) is 3.21. The molecular formula is C14H22FNO. The van der Waals surface area contributed by atoms with E-state index in [-0.39, 0.29) is 5.82 Å². The van der Waals surface area contributed by atoms with Crippen molar-refractivity contribution in [2.45, 2.75) is 39.2 Å². The Balaban J connectivity index is 2.22. The number of nitrogens with one attached hydrogen (secondary N) is 1. The summed E-state index contributed by atoms with van der Waals surface area (Å²) in [5.74, 6) is 0.575. The van der Waals surface area contributed by atoms with Crippen LogP contribution >= 0.6 is 0 Å². The fraction of sp³-hybridized carbons (Fsp3) is 0.571. The van der Waals surface area contributed by atoms with Gasteiger partial charge in [0, 0.05) is 6.04 Å². The van der Waals surface area contributed by atoms with E-state index in [1.165, 1.54) is 12.1 Å². The number of unbranched alkanes of at least 4 members (excludes halogenated alkanes) is 1. The van der Waals surface area contributed by atoms with E-state index in [1.54, 1.807) is 6.07 Å². The first-order valence-corrected chi connectivity index (χ1v) is 6.19. The van der Waals surface area contributed by atoms with Crippen LogP contribution < -0.4 is 10.1 Å². The Kier molecular flexibility index (Phi) is 5.98. The lowest BCUT2D eigenvalue weighted by Gasteiger charge is -2.11. The highest BCUT2D eigenvalue weighted by atomic mass is 19.1. The molecule has 1 atom stereocenters. The van der Waals surface area contributed by atoms with Crippen LogP contribution in [0, 0.1) is 12.7 Å². The number of hydrogen-bond donors (Lipinski definition) is 1. The van der Waals surface area contributed by atoms with Gasteiger partial charge in [-0.2, -0.15) is 0 Å². The molecule has 0 fully saturated rings. The van der Waals surface area contributed by atoms with Gasteiger partial charge in [0.1, 0.15) is 11.6 Å². The highest BCUT2D eigenvalue weighted by Crippen LogP contribution is 2.18. The highest BCUT2D eigenvalue weighted by Gasteiger charge is 2.01. The molecule has 0 radical (unpaired) electrons. The first-order chi connectivity index (χ1) is 8.13. The van der Waals surface area contributed by atoms with Gasteiger partial charge in [-0.25, -0.2) is 4.39 Å². The minimum absolute atomic E-state index is 0.210. The van der Waals surface area contributed by atoms with Crippen molar-refractivity contribution in [2.75, 3.05) is 13.7 Å². The quantitative estimate of drug-likeness (QED) is 0.737. The zero-order chi connectivity index (χ0) is 12.7. The Bertz CT molecular complexity index is 341. The SMILES string of the molecule is CNC(C)CCCCOc1ccc(F)cc1C. The topological polar surface area (TPSA) is 21.3 Å². The second kappa shape index (κ2) is 7.28. The van der Waals surface area contributed by atoms with E-state index in [0.29, 0.717) is 12.6 Å². The molecule has 1 rings (SSSR count). The van der Waals surface area contributed by atoms with Crippen molar-refractivity contribution in [3.63, 3.8) is 0 Å². The molecule has 0 amide bonds. The van der Waals surface area contributed by atoms with Crippen molar-refractivity contribution < 1.29 is 9.13 Å². The maximum Gasteiger partial charge on any atom is 0.123 e. The van der Waals surface area contributed by atoms with Crippen LogP contribution in [0.25, 0.3) is 0 Å². The van der Waals surface area contributed by atoms with Crippen LogP contribution in [0.1, 0.15) is 31.7 Å². The largest absolute Gasteiger partial charge is 0.493 e. The molecule has 0 saturated carbocycles. The summed E-state index contributed by atoms with van der Waals surface area (Å²) in [6.45, 7) is 4.73. The van der Waals surface area contributed by atoms with Crippen molar-refractivity contribution in [1.82, 2.24) is 5.32 Å². The van der Waals surface area contributed by atoms with Gasteiger partial charge in [-0.3, -0.25) is 0 Å². The Hall–Kier alpha value is -1.09. The maximum atomic E-state index is 12.9. The van der Waals surface area contributed by atoms with E-state index in [1.807, 2.05) is 14.0 Å². The standard InChI is InChI=1S/C14H22FNO/c1-11-10-13(15)7-8-14(11)17-9-5-4-6-12(2)16-3/h7-8,10,12,16H,4-6,9H2,1-3H3. The van der Waals surface area contributed by atoms with E-state index in [4.69, 9.17) is 4.74 Å². The molecule has 0 spiro atoms.